The van der Waals surface area contributed by atoms with Crippen molar-refractivity contribution in [2.24, 2.45) is 0 Å². The summed E-state index contributed by atoms with van der Waals surface area (Å²) < 4.78 is 38.2. The number of hydrogen-bond donors (Lipinski definition) is 1. The van der Waals surface area contributed by atoms with Crippen molar-refractivity contribution in [3.63, 3.8) is 0 Å². The van der Waals surface area contributed by atoms with Crippen molar-refractivity contribution in [1.29, 1.82) is 0 Å². The van der Waals surface area contributed by atoms with Gasteiger partial charge in [0.2, 0.25) is 0 Å². The lowest BCUT2D eigenvalue weighted by atomic mass is 10.1. The van der Waals surface area contributed by atoms with Gasteiger partial charge in [0, 0.05) is 34.5 Å². The van der Waals surface area contributed by atoms with Gasteiger partial charge in [-0.2, -0.15) is 13.2 Å². The third-order valence-corrected chi connectivity index (χ3v) is 3.15. The highest BCUT2D eigenvalue weighted by molar-refractivity contribution is 5.94. The maximum Gasteiger partial charge on any atom is 0.416 e. The van der Waals surface area contributed by atoms with Crippen molar-refractivity contribution < 1.29 is 13.2 Å². The van der Waals surface area contributed by atoms with E-state index in [4.69, 9.17) is 0 Å². The predicted octanol–water partition coefficient (Wildman–Crippen LogP) is 5.00. The third-order valence-electron chi connectivity index (χ3n) is 3.15. The Morgan fingerprint density at radius 1 is 0.952 bits per heavy atom. The molecule has 3 rings (SSSR count). The molecular formula is C16H11F3N2. The number of anilines is 2. The van der Waals surface area contributed by atoms with Crippen LogP contribution < -0.4 is 5.32 Å². The molecular weight excluding hydrogens is 277 g/mol. The summed E-state index contributed by atoms with van der Waals surface area (Å²) in [6, 6.07) is 12.5. The summed E-state index contributed by atoms with van der Waals surface area (Å²) in [5.74, 6) is 0. The molecule has 1 heterocycles. The molecule has 0 unspecified atom stereocenters. The molecule has 3 aromatic rings. The average Bonchev–Trinajstić information content (AvgIpc) is 2.47. The smallest absolute Gasteiger partial charge is 0.355 e. The Morgan fingerprint density at radius 3 is 2.57 bits per heavy atom. The van der Waals surface area contributed by atoms with E-state index < -0.39 is 11.7 Å². The summed E-state index contributed by atoms with van der Waals surface area (Å²) >= 11 is 0. The fourth-order valence-corrected chi connectivity index (χ4v) is 2.16. The van der Waals surface area contributed by atoms with Crippen LogP contribution in [0.15, 0.2) is 60.9 Å². The molecule has 0 saturated heterocycles. The second kappa shape index (κ2) is 5.09. The van der Waals surface area contributed by atoms with Crippen LogP contribution in [-0.2, 0) is 6.18 Å². The number of nitrogens with zero attached hydrogens (tertiary/aromatic N) is 1. The number of alkyl halides is 3. The zero-order valence-electron chi connectivity index (χ0n) is 10.9. The summed E-state index contributed by atoms with van der Waals surface area (Å²) in [5, 5.41) is 4.86. The van der Waals surface area contributed by atoms with E-state index in [9.17, 15) is 13.2 Å². The number of nitrogens with one attached hydrogen (secondary N) is 1. The largest absolute Gasteiger partial charge is 0.416 e. The van der Waals surface area contributed by atoms with E-state index in [0.717, 1.165) is 28.6 Å². The first-order chi connectivity index (χ1) is 10.0. The number of rotatable bonds is 2. The molecule has 0 bridgehead atoms. The summed E-state index contributed by atoms with van der Waals surface area (Å²) in [6.45, 7) is 0. The third kappa shape index (κ3) is 2.81. The number of aromatic nitrogens is 1. The van der Waals surface area contributed by atoms with Crippen molar-refractivity contribution in [2.75, 3.05) is 5.32 Å². The topological polar surface area (TPSA) is 24.9 Å². The van der Waals surface area contributed by atoms with Crippen LogP contribution in [0.2, 0.25) is 0 Å². The van der Waals surface area contributed by atoms with E-state index in [-0.39, 0.29) is 0 Å². The summed E-state index contributed by atoms with van der Waals surface area (Å²) in [7, 11) is 0. The molecule has 2 aromatic carbocycles. The number of benzene rings is 2. The Kier molecular flexibility index (Phi) is 3.25. The van der Waals surface area contributed by atoms with Crippen molar-refractivity contribution in [3.8, 4) is 0 Å². The molecule has 1 N–H and O–H groups in total. The molecule has 0 atom stereocenters. The van der Waals surface area contributed by atoms with Gasteiger partial charge in [-0.15, -0.1) is 0 Å². The van der Waals surface area contributed by atoms with Gasteiger partial charge in [-0.05, 0) is 30.3 Å². The number of hydrogen-bond acceptors (Lipinski definition) is 2. The van der Waals surface area contributed by atoms with Gasteiger partial charge in [-0.25, -0.2) is 0 Å². The molecule has 106 valence electrons. The van der Waals surface area contributed by atoms with Gasteiger partial charge in [0.15, 0.2) is 0 Å². The van der Waals surface area contributed by atoms with E-state index in [2.05, 4.69) is 10.3 Å². The van der Waals surface area contributed by atoms with Crippen LogP contribution in [0.25, 0.3) is 10.8 Å². The number of pyridine rings is 1. The Labute approximate surface area is 119 Å². The first-order valence-electron chi connectivity index (χ1n) is 6.31. The zero-order chi connectivity index (χ0) is 14.9. The molecule has 0 aliphatic carbocycles. The van der Waals surface area contributed by atoms with Crippen molar-refractivity contribution in [3.05, 3.63) is 66.5 Å². The molecule has 2 nitrogen and oxygen atoms in total. The minimum Gasteiger partial charge on any atom is -0.355 e. The Morgan fingerprint density at radius 2 is 1.76 bits per heavy atom. The van der Waals surface area contributed by atoms with Crippen molar-refractivity contribution in [2.45, 2.75) is 6.18 Å². The highest BCUT2D eigenvalue weighted by atomic mass is 19.4. The molecule has 0 spiro atoms. The van der Waals surface area contributed by atoms with Crippen molar-refractivity contribution in [1.82, 2.24) is 4.98 Å². The van der Waals surface area contributed by atoms with Crippen LogP contribution in [0.1, 0.15) is 5.56 Å². The molecule has 21 heavy (non-hydrogen) atoms. The second-order valence-corrected chi connectivity index (χ2v) is 4.61. The lowest BCUT2D eigenvalue weighted by molar-refractivity contribution is -0.137. The van der Waals surface area contributed by atoms with E-state index in [0.29, 0.717) is 5.69 Å². The first-order valence-corrected chi connectivity index (χ1v) is 6.31. The molecule has 0 fully saturated rings. The SMILES string of the molecule is FC(F)(F)c1cccc(Nc2cccc3cnccc23)c1. The highest BCUT2D eigenvalue weighted by Gasteiger charge is 2.30. The quantitative estimate of drug-likeness (QED) is 0.718. The highest BCUT2D eigenvalue weighted by Crippen LogP contribution is 2.32. The maximum absolute atomic E-state index is 12.7. The molecule has 0 saturated carbocycles. The normalized spacial score (nSPS) is 11.6. The average molecular weight is 288 g/mol. The summed E-state index contributed by atoms with van der Waals surface area (Å²) in [4.78, 5) is 4.03. The predicted molar refractivity (Wildman–Crippen MR) is 76.5 cm³/mol. The van der Waals surface area contributed by atoms with E-state index in [1.165, 1.54) is 6.07 Å². The number of halogens is 3. The van der Waals surface area contributed by atoms with Gasteiger partial charge in [0.05, 0.1) is 5.56 Å². The second-order valence-electron chi connectivity index (χ2n) is 4.61. The molecule has 0 radical (unpaired) electrons. The van der Waals surface area contributed by atoms with Crippen LogP contribution >= 0.6 is 0 Å². The Bertz CT molecular complexity index is 776. The zero-order valence-corrected chi connectivity index (χ0v) is 10.9. The minimum atomic E-state index is -4.35. The van der Waals surface area contributed by atoms with Gasteiger partial charge < -0.3 is 5.32 Å². The first kappa shape index (κ1) is 13.4. The van der Waals surface area contributed by atoms with Crippen LogP contribution in [0.4, 0.5) is 24.5 Å². The van der Waals surface area contributed by atoms with Crippen LogP contribution in [0.3, 0.4) is 0 Å². The minimum absolute atomic E-state index is 0.397. The van der Waals surface area contributed by atoms with Crippen LogP contribution in [0.5, 0.6) is 0 Å². The lowest BCUT2D eigenvalue weighted by Gasteiger charge is -2.12. The fraction of sp³-hybridized carbons (Fsp3) is 0.0625. The number of fused-ring (bicyclic) bond motifs is 1. The standard InChI is InChI=1S/C16H11F3N2/c17-16(18,19)12-4-2-5-13(9-12)21-15-6-1-3-11-10-20-8-7-14(11)15/h1-10,21H. The lowest BCUT2D eigenvalue weighted by Crippen LogP contribution is -2.05. The van der Waals surface area contributed by atoms with Gasteiger partial charge in [-0.3, -0.25) is 4.98 Å². The van der Waals surface area contributed by atoms with Gasteiger partial charge in [-0.1, -0.05) is 18.2 Å². The van der Waals surface area contributed by atoms with Crippen LogP contribution in [0, 0.1) is 0 Å². The van der Waals surface area contributed by atoms with E-state index >= 15 is 0 Å². The molecule has 0 aliphatic heterocycles. The molecule has 1 aromatic heterocycles. The monoisotopic (exact) mass is 288 g/mol. The maximum atomic E-state index is 12.7. The molecule has 0 amide bonds. The molecule has 0 aliphatic rings. The van der Waals surface area contributed by atoms with Gasteiger partial charge >= 0.3 is 6.18 Å². The van der Waals surface area contributed by atoms with E-state index in [1.54, 1.807) is 18.5 Å². The van der Waals surface area contributed by atoms with E-state index in [1.807, 2.05) is 24.3 Å². The van der Waals surface area contributed by atoms with Crippen molar-refractivity contribution >= 4 is 22.1 Å². The summed E-state index contributed by atoms with van der Waals surface area (Å²) in [6.07, 6.45) is -0.979. The van der Waals surface area contributed by atoms with Gasteiger partial charge in [0.1, 0.15) is 0 Å². The van der Waals surface area contributed by atoms with Gasteiger partial charge in [0.25, 0.3) is 0 Å². The Balaban J connectivity index is 1.99. The van der Waals surface area contributed by atoms with Crippen LogP contribution in [-0.4, -0.2) is 4.98 Å². The Hall–Kier alpha value is -2.56. The fourth-order valence-electron chi connectivity index (χ4n) is 2.16. The summed E-state index contributed by atoms with van der Waals surface area (Å²) in [5.41, 5.74) is 0.470. The molecule has 5 heteroatoms.